The Kier molecular flexibility index (Phi) is 4.74. The summed E-state index contributed by atoms with van der Waals surface area (Å²) in [6.07, 6.45) is -0.575. The van der Waals surface area contributed by atoms with Gasteiger partial charge in [0, 0.05) is 17.1 Å². The number of benzene rings is 1. The van der Waals surface area contributed by atoms with Crippen LogP contribution in [0, 0.1) is 11.3 Å². The van der Waals surface area contributed by atoms with Crippen molar-refractivity contribution >= 4 is 21.6 Å². The number of nitrogens with two attached hydrogens (primary N) is 1. The Bertz CT molecular complexity index is 401. The van der Waals surface area contributed by atoms with Gasteiger partial charge >= 0.3 is 0 Å². The second-order valence-electron chi connectivity index (χ2n) is 3.59. The summed E-state index contributed by atoms with van der Waals surface area (Å²) < 4.78 is 0.856. The molecule has 4 nitrogen and oxygen atoms in total. The van der Waals surface area contributed by atoms with E-state index in [1.54, 1.807) is 19.1 Å². The zero-order chi connectivity index (χ0) is 12.1. The lowest BCUT2D eigenvalue weighted by molar-refractivity contribution is 0.168. The van der Waals surface area contributed by atoms with Crippen LogP contribution in [0.25, 0.3) is 0 Å². The molecule has 86 valence electrons. The smallest absolute Gasteiger partial charge is 0.101 e. The predicted molar refractivity (Wildman–Crippen MR) is 67.0 cm³/mol. The topological polar surface area (TPSA) is 82.1 Å². The number of hydrogen-bond acceptors (Lipinski definition) is 4. The van der Waals surface area contributed by atoms with Crippen LogP contribution in [0.15, 0.2) is 22.7 Å². The lowest BCUT2D eigenvalue weighted by Crippen LogP contribution is -2.38. The van der Waals surface area contributed by atoms with Gasteiger partial charge in [0.05, 0.1) is 17.4 Å². The number of rotatable bonds is 4. The van der Waals surface area contributed by atoms with Crippen LogP contribution in [-0.4, -0.2) is 23.8 Å². The largest absolute Gasteiger partial charge is 0.392 e. The number of anilines is 1. The molecule has 0 saturated heterocycles. The summed E-state index contributed by atoms with van der Waals surface area (Å²) in [5.74, 6) is 0. The van der Waals surface area contributed by atoms with Gasteiger partial charge in [0.1, 0.15) is 6.07 Å². The maximum absolute atomic E-state index is 9.23. The molecule has 0 aliphatic heterocycles. The average Bonchev–Trinajstić information content (AvgIpc) is 2.26. The van der Waals surface area contributed by atoms with Crippen LogP contribution < -0.4 is 11.1 Å². The van der Waals surface area contributed by atoms with E-state index in [1.807, 2.05) is 6.07 Å². The second-order valence-corrected chi connectivity index (χ2v) is 4.50. The van der Waals surface area contributed by atoms with E-state index < -0.39 is 6.10 Å². The van der Waals surface area contributed by atoms with E-state index >= 15 is 0 Å². The molecule has 5 heteroatoms. The Morgan fingerprint density at radius 3 is 2.88 bits per heavy atom. The molecular weight excluding hydrogens is 270 g/mol. The van der Waals surface area contributed by atoms with E-state index in [0.717, 1.165) is 10.2 Å². The minimum absolute atomic E-state index is 0.352. The SMILES string of the molecule is CC(O)C(N)CNc1ccc(Br)cc1C#N. The maximum atomic E-state index is 9.23. The van der Waals surface area contributed by atoms with E-state index in [4.69, 9.17) is 11.0 Å². The van der Waals surface area contributed by atoms with Gasteiger partial charge in [-0.2, -0.15) is 5.26 Å². The fourth-order valence-electron chi connectivity index (χ4n) is 1.16. The number of nitrogens with one attached hydrogen (secondary N) is 1. The lowest BCUT2D eigenvalue weighted by Gasteiger charge is -2.16. The van der Waals surface area contributed by atoms with Gasteiger partial charge in [-0.25, -0.2) is 0 Å². The third kappa shape index (κ3) is 3.49. The summed E-state index contributed by atoms with van der Waals surface area (Å²) in [5.41, 5.74) is 6.95. The number of aliphatic hydroxyl groups excluding tert-OH is 1. The number of nitriles is 1. The van der Waals surface area contributed by atoms with Crippen molar-refractivity contribution in [3.63, 3.8) is 0 Å². The maximum Gasteiger partial charge on any atom is 0.101 e. The fourth-order valence-corrected chi connectivity index (χ4v) is 1.52. The first kappa shape index (κ1) is 13.0. The molecule has 0 aromatic heterocycles. The molecule has 2 unspecified atom stereocenters. The van der Waals surface area contributed by atoms with Crippen LogP contribution in [0.2, 0.25) is 0 Å². The highest BCUT2D eigenvalue weighted by molar-refractivity contribution is 9.10. The first-order valence-electron chi connectivity index (χ1n) is 4.91. The summed E-state index contributed by atoms with van der Waals surface area (Å²) in [6.45, 7) is 2.06. The summed E-state index contributed by atoms with van der Waals surface area (Å²) >= 11 is 3.30. The van der Waals surface area contributed by atoms with Crippen LogP contribution in [-0.2, 0) is 0 Å². The molecular formula is C11H14BrN3O. The Hall–Kier alpha value is -1.09. The third-order valence-electron chi connectivity index (χ3n) is 2.25. The molecule has 16 heavy (non-hydrogen) atoms. The molecule has 1 aromatic rings. The fraction of sp³-hybridized carbons (Fsp3) is 0.364. The molecule has 0 saturated carbocycles. The van der Waals surface area contributed by atoms with Gasteiger partial charge in [-0.1, -0.05) is 15.9 Å². The molecule has 4 N–H and O–H groups in total. The van der Waals surface area contributed by atoms with E-state index in [9.17, 15) is 5.11 Å². The molecule has 0 amide bonds. The number of aliphatic hydroxyl groups is 1. The van der Waals surface area contributed by atoms with E-state index in [2.05, 4.69) is 27.3 Å². The van der Waals surface area contributed by atoms with Crippen LogP contribution in [0.1, 0.15) is 12.5 Å². The molecule has 0 radical (unpaired) electrons. The molecule has 1 aromatic carbocycles. The molecule has 2 atom stereocenters. The van der Waals surface area contributed by atoms with Crippen molar-refractivity contribution in [1.82, 2.24) is 0 Å². The van der Waals surface area contributed by atoms with Crippen molar-refractivity contribution in [2.24, 2.45) is 5.73 Å². The minimum Gasteiger partial charge on any atom is -0.392 e. The quantitative estimate of drug-likeness (QED) is 0.781. The van der Waals surface area contributed by atoms with Gasteiger partial charge in [-0.3, -0.25) is 0 Å². The zero-order valence-electron chi connectivity index (χ0n) is 8.94. The number of nitrogens with zero attached hydrogens (tertiary/aromatic N) is 1. The average molecular weight is 284 g/mol. The van der Waals surface area contributed by atoms with Crippen LogP contribution in [0.4, 0.5) is 5.69 Å². The summed E-state index contributed by atoms with van der Waals surface area (Å²) in [7, 11) is 0. The van der Waals surface area contributed by atoms with Crippen LogP contribution >= 0.6 is 15.9 Å². The minimum atomic E-state index is -0.575. The first-order chi connectivity index (χ1) is 7.54. The van der Waals surface area contributed by atoms with Crippen molar-refractivity contribution in [3.05, 3.63) is 28.2 Å². The van der Waals surface area contributed by atoms with Gasteiger partial charge in [0.15, 0.2) is 0 Å². The summed E-state index contributed by atoms with van der Waals surface area (Å²) in [6, 6.07) is 7.12. The highest BCUT2D eigenvalue weighted by atomic mass is 79.9. The third-order valence-corrected chi connectivity index (χ3v) is 2.74. The number of halogens is 1. The Balaban J connectivity index is 2.71. The van der Waals surface area contributed by atoms with Gasteiger partial charge in [0.2, 0.25) is 0 Å². The number of hydrogen-bond donors (Lipinski definition) is 3. The van der Waals surface area contributed by atoms with Gasteiger partial charge in [-0.05, 0) is 25.1 Å². The van der Waals surface area contributed by atoms with Crippen molar-refractivity contribution in [1.29, 1.82) is 5.26 Å². The van der Waals surface area contributed by atoms with Crippen molar-refractivity contribution in [2.45, 2.75) is 19.1 Å². The highest BCUT2D eigenvalue weighted by Crippen LogP contribution is 2.20. The van der Waals surface area contributed by atoms with Crippen LogP contribution in [0.5, 0.6) is 0 Å². The zero-order valence-corrected chi connectivity index (χ0v) is 10.5. The first-order valence-corrected chi connectivity index (χ1v) is 5.71. The Morgan fingerprint density at radius 1 is 1.62 bits per heavy atom. The van der Waals surface area contributed by atoms with Crippen molar-refractivity contribution in [3.8, 4) is 6.07 Å². The molecule has 0 bridgehead atoms. The van der Waals surface area contributed by atoms with Gasteiger partial charge < -0.3 is 16.2 Å². The Morgan fingerprint density at radius 2 is 2.31 bits per heavy atom. The van der Waals surface area contributed by atoms with E-state index in [0.29, 0.717) is 12.1 Å². The predicted octanol–water partition coefficient (Wildman–Crippen LogP) is 1.44. The summed E-state index contributed by atoms with van der Waals surface area (Å²) in [5, 5.41) is 21.2. The standard InChI is InChI=1S/C11H14BrN3O/c1-7(16)10(14)6-15-11-3-2-9(12)4-8(11)5-13/h2-4,7,10,15-16H,6,14H2,1H3. The molecule has 0 spiro atoms. The molecule has 0 fully saturated rings. The van der Waals surface area contributed by atoms with Crippen molar-refractivity contribution < 1.29 is 5.11 Å². The van der Waals surface area contributed by atoms with Crippen LogP contribution in [0.3, 0.4) is 0 Å². The lowest BCUT2D eigenvalue weighted by atomic mass is 10.1. The molecule has 0 aliphatic rings. The van der Waals surface area contributed by atoms with Gasteiger partial charge in [0.25, 0.3) is 0 Å². The van der Waals surface area contributed by atoms with E-state index in [1.165, 1.54) is 0 Å². The van der Waals surface area contributed by atoms with Gasteiger partial charge in [-0.15, -0.1) is 0 Å². The van der Waals surface area contributed by atoms with E-state index in [-0.39, 0.29) is 6.04 Å². The second kappa shape index (κ2) is 5.85. The van der Waals surface area contributed by atoms with Crippen molar-refractivity contribution in [2.75, 3.05) is 11.9 Å². The Labute approximate surface area is 103 Å². The molecule has 0 aliphatic carbocycles. The highest BCUT2D eigenvalue weighted by Gasteiger charge is 2.10. The summed E-state index contributed by atoms with van der Waals surface area (Å²) in [4.78, 5) is 0. The molecule has 0 heterocycles. The monoisotopic (exact) mass is 283 g/mol. The molecule has 1 rings (SSSR count). The normalized spacial score (nSPS) is 13.9.